The average molecular weight is 276 g/mol. The maximum Gasteiger partial charge on any atom is 0.308 e. The van der Waals surface area contributed by atoms with Gasteiger partial charge >= 0.3 is 5.97 Å². The zero-order valence-corrected chi connectivity index (χ0v) is 10.7. The number of carboxylic acids is 1. The van der Waals surface area contributed by atoms with Crippen LogP contribution >= 0.6 is 0 Å². The van der Waals surface area contributed by atoms with Gasteiger partial charge in [0, 0.05) is 24.1 Å². The summed E-state index contributed by atoms with van der Waals surface area (Å²) < 4.78 is 0. The summed E-state index contributed by atoms with van der Waals surface area (Å²) in [5.41, 5.74) is 0.227. The number of nitrogens with one attached hydrogen (secondary N) is 1. The summed E-state index contributed by atoms with van der Waals surface area (Å²) in [5, 5.41) is 22.0. The molecular formula is C13H12N2O5. The maximum absolute atomic E-state index is 10.9. The number of rotatable bonds is 4. The number of nitrogens with zero attached hydrogens (tertiary/aromatic N) is 1. The Morgan fingerprint density at radius 2 is 2.15 bits per heavy atom. The molecule has 0 saturated carbocycles. The van der Waals surface area contributed by atoms with Gasteiger partial charge in [0.25, 0.3) is 5.69 Å². The van der Waals surface area contributed by atoms with Crippen LogP contribution in [0.15, 0.2) is 18.2 Å². The summed E-state index contributed by atoms with van der Waals surface area (Å²) in [7, 11) is 0. The number of carboxylic acid groups (broad SMARTS) is 1. The molecule has 7 heteroatoms. The molecule has 0 fully saturated rings. The number of aliphatic carboxylic acids is 1. The molecule has 0 unspecified atom stereocenters. The molecule has 104 valence electrons. The van der Waals surface area contributed by atoms with Crippen molar-refractivity contribution >= 4 is 17.6 Å². The summed E-state index contributed by atoms with van der Waals surface area (Å²) in [4.78, 5) is 31.5. The molecule has 1 aromatic rings. The number of benzene rings is 1. The molecule has 7 nitrogen and oxygen atoms in total. The van der Waals surface area contributed by atoms with Gasteiger partial charge in [-0.25, -0.2) is 0 Å². The highest BCUT2D eigenvalue weighted by molar-refractivity contribution is 5.73. The zero-order valence-electron chi connectivity index (χ0n) is 10.7. The second kappa shape index (κ2) is 6.89. The molecule has 20 heavy (non-hydrogen) atoms. The molecule has 0 aliphatic heterocycles. The van der Waals surface area contributed by atoms with Gasteiger partial charge in [0.1, 0.15) is 0 Å². The van der Waals surface area contributed by atoms with Crippen LogP contribution in [-0.4, -0.2) is 28.5 Å². The van der Waals surface area contributed by atoms with Gasteiger partial charge in [0.15, 0.2) is 0 Å². The normalized spacial score (nSPS) is 9.25. The number of amides is 1. The van der Waals surface area contributed by atoms with Gasteiger partial charge in [0.2, 0.25) is 5.91 Å². The van der Waals surface area contributed by atoms with Crippen molar-refractivity contribution in [1.29, 1.82) is 0 Å². The van der Waals surface area contributed by atoms with E-state index in [-0.39, 0.29) is 23.7 Å². The van der Waals surface area contributed by atoms with Crippen LogP contribution in [0.1, 0.15) is 18.1 Å². The number of carbonyl (C=O) groups excluding carboxylic acids is 1. The van der Waals surface area contributed by atoms with Gasteiger partial charge in [-0.1, -0.05) is 17.9 Å². The molecule has 0 aliphatic carbocycles. The Bertz CT molecular complexity index is 613. The first kappa shape index (κ1) is 15.2. The van der Waals surface area contributed by atoms with E-state index in [1.54, 1.807) is 0 Å². The number of nitro groups is 1. The molecule has 0 spiro atoms. The molecule has 0 aromatic heterocycles. The fraction of sp³-hybridized carbons (Fsp3) is 0.231. The van der Waals surface area contributed by atoms with Crippen LogP contribution in [0.3, 0.4) is 0 Å². The predicted octanol–water partition coefficient (Wildman–Crippen LogP) is 0.710. The molecule has 1 rings (SSSR count). The van der Waals surface area contributed by atoms with Gasteiger partial charge in [-0.2, -0.15) is 0 Å². The number of hydrogen-bond donors (Lipinski definition) is 2. The molecule has 0 bridgehead atoms. The largest absolute Gasteiger partial charge is 0.481 e. The van der Waals surface area contributed by atoms with Crippen molar-refractivity contribution < 1.29 is 19.6 Å². The van der Waals surface area contributed by atoms with E-state index in [0.29, 0.717) is 5.56 Å². The van der Waals surface area contributed by atoms with Crippen molar-refractivity contribution in [3.8, 4) is 11.8 Å². The van der Waals surface area contributed by atoms with Gasteiger partial charge in [-0.05, 0) is 6.07 Å². The number of carbonyl (C=O) groups is 2. The number of hydrogen-bond acceptors (Lipinski definition) is 4. The van der Waals surface area contributed by atoms with Crippen LogP contribution in [0.4, 0.5) is 5.69 Å². The smallest absolute Gasteiger partial charge is 0.308 e. The quantitative estimate of drug-likeness (QED) is 0.478. The van der Waals surface area contributed by atoms with Crippen molar-refractivity contribution in [3.63, 3.8) is 0 Å². The van der Waals surface area contributed by atoms with Crippen molar-refractivity contribution in [2.24, 2.45) is 0 Å². The first-order chi connectivity index (χ1) is 9.40. The standard InChI is InChI=1S/C13H12N2O5/c1-9(16)14-6-2-3-10-4-5-11(8-13(17)18)12(7-10)15(19)20/h4-5,7H,6,8H2,1H3,(H,14,16)(H,17,18). The lowest BCUT2D eigenvalue weighted by molar-refractivity contribution is -0.385. The lowest BCUT2D eigenvalue weighted by atomic mass is 10.1. The Kier molecular flexibility index (Phi) is 5.23. The Morgan fingerprint density at radius 3 is 2.70 bits per heavy atom. The van der Waals surface area contributed by atoms with Gasteiger partial charge in [-0.15, -0.1) is 0 Å². The molecule has 2 N–H and O–H groups in total. The lowest BCUT2D eigenvalue weighted by Gasteiger charge is -2.00. The Hall–Kier alpha value is -2.88. The highest BCUT2D eigenvalue weighted by Crippen LogP contribution is 2.20. The Labute approximate surface area is 114 Å². The van der Waals surface area contributed by atoms with Crippen molar-refractivity contribution in [1.82, 2.24) is 5.32 Å². The fourth-order valence-corrected chi connectivity index (χ4v) is 1.44. The van der Waals surface area contributed by atoms with Crippen molar-refractivity contribution in [2.45, 2.75) is 13.3 Å². The van der Waals surface area contributed by atoms with Crippen LogP contribution < -0.4 is 5.32 Å². The summed E-state index contributed by atoms with van der Waals surface area (Å²) >= 11 is 0. The van der Waals surface area contributed by atoms with E-state index in [4.69, 9.17) is 5.11 Å². The summed E-state index contributed by atoms with van der Waals surface area (Å²) in [6.45, 7) is 1.49. The third-order valence-corrected chi connectivity index (χ3v) is 2.28. The minimum atomic E-state index is -1.14. The molecule has 1 aromatic carbocycles. The van der Waals surface area contributed by atoms with Gasteiger partial charge in [0.05, 0.1) is 17.9 Å². The topological polar surface area (TPSA) is 110 Å². The Morgan fingerprint density at radius 1 is 1.45 bits per heavy atom. The molecule has 0 atom stereocenters. The fourth-order valence-electron chi connectivity index (χ4n) is 1.44. The van der Waals surface area contributed by atoms with Crippen molar-refractivity contribution in [3.05, 3.63) is 39.4 Å². The van der Waals surface area contributed by atoms with E-state index in [9.17, 15) is 19.7 Å². The Balaban J connectivity index is 2.95. The SMILES string of the molecule is CC(=O)NCC#Cc1ccc(CC(=O)O)c([N+](=O)[O-])c1. The lowest BCUT2D eigenvalue weighted by Crippen LogP contribution is -2.19. The van der Waals surface area contributed by atoms with Crippen LogP contribution in [-0.2, 0) is 16.0 Å². The third kappa shape index (κ3) is 4.78. The van der Waals surface area contributed by atoms with Crippen molar-refractivity contribution in [2.75, 3.05) is 6.54 Å². The van der Waals surface area contributed by atoms with Gasteiger partial charge in [-0.3, -0.25) is 19.7 Å². The third-order valence-electron chi connectivity index (χ3n) is 2.28. The van der Waals surface area contributed by atoms with E-state index in [1.807, 2.05) is 0 Å². The van der Waals surface area contributed by atoms with E-state index >= 15 is 0 Å². The van der Waals surface area contributed by atoms with E-state index < -0.39 is 17.3 Å². The highest BCUT2D eigenvalue weighted by atomic mass is 16.6. The molecule has 1 amide bonds. The van der Waals surface area contributed by atoms with Crippen LogP contribution in [0.25, 0.3) is 0 Å². The molecule has 0 radical (unpaired) electrons. The van der Waals surface area contributed by atoms with Crippen LogP contribution in [0.2, 0.25) is 0 Å². The zero-order chi connectivity index (χ0) is 15.1. The van der Waals surface area contributed by atoms with Crippen LogP contribution in [0.5, 0.6) is 0 Å². The number of nitro benzene ring substituents is 1. The van der Waals surface area contributed by atoms with E-state index in [2.05, 4.69) is 17.2 Å². The second-order valence-corrected chi connectivity index (χ2v) is 3.88. The highest BCUT2D eigenvalue weighted by Gasteiger charge is 2.16. The first-order valence-electron chi connectivity index (χ1n) is 5.62. The predicted molar refractivity (Wildman–Crippen MR) is 70.0 cm³/mol. The first-order valence-corrected chi connectivity index (χ1v) is 5.62. The average Bonchev–Trinajstić information content (AvgIpc) is 2.35. The van der Waals surface area contributed by atoms with E-state index in [0.717, 1.165) is 0 Å². The van der Waals surface area contributed by atoms with E-state index in [1.165, 1.54) is 25.1 Å². The van der Waals surface area contributed by atoms with Crippen LogP contribution in [0, 0.1) is 22.0 Å². The minimum absolute atomic E-state index is 0.120. The minimum Gasteiger partial charge on any atom is -0.481 e. The summed E-state index contributed by atoms with van der Waals surface area (Å²) in [6, 6.07) is 4.10. The maximum atomic E-state index is 10.9. The van der Waals surface area contributed by atoms with Gasteiger partial charge < -0.3 is 10.4 Å². The monoisotopic (exact) mass is 276 g/mol. The second-order valence-electron chi connectivity index (χ2n) is 3.88. The molecule has 0 saturated heterocycles. The summed E-state index contributed by atoms with van der Waals surface area (Å²) in [5.74, 6) is 3.94. The molecule has 0 heterocycles. The molecule has 0 aliphatic rings. The molecular weight excluding hydrogens is 264 g/mol. The summed E-state index contributed by atoms with van der Waals surface area (Å²) in [6.07, 6.45) is -0.421.